The zero-order chi connectivity index (χ0) is 17.9. The van der Waals surface area contributed by atoms with Crippen LogP contribution in [0.4, 0.5) is 0 Å². The minimum absolute atomic E-state index is 0.520. The molecule has 0 unspecified atom stereocenters. The summed E-state index contributed by atoms with van der Waals surface area (Å²) < 4.78 is 7.14. The molecular weight excluding hydrogens is 368 g/mol. The van der Waals surface area contributed by atoms with Crippen molar-refractivity contribution in [3.05, 3.63) is 71.6 Å². The van der Waals surface area contributed by atoms with Crippen molar-refractivity contribution in [2.24, 2.45) is 0 Å². The van der Waals surface area contributed by atoms with E-state index in [2.05, 4.69) is 21.2 Å². The van der Waals surface area contributed by atoms with Crippen LogP contribution in [-0.2, 0) is 5.75 Å². The summed E-state index contributed by atoms with van der Waals surface area (Å²) in [5.74, 6) is 1.47. The first-order chi connectivity index (χ1) is 12.7. The van der Waals surface area contributed by atoms with Gasteiger partial charge in [0, 0.05) is 22.4 Å². The molecular formula is C19H15ClN4OS. The summed E-state index contributed by atoms with van der Waals surface area (Å²) in [7, 11) is 1.65. The molecule has 4 aromatic rings. The predicted molar refractivity (Wildman–Crippen MR) is 104 cm³/mol. The van der Waals surface area contributed by atoms with E-state index in [0.717, 1.165) is 33.1 Å². The zero-order valence-corrected chi connectivity index (χ0v) is 15.5. The molecule has 2 aromatic heterocycles. The van der Waals surface area contributed by atoms with Gasteiger partial charge in [0.2, 0.25) is 0 Å². The number of methoxy groups -OCH3 is 1. The number of halogens is 1. The van der Waals surface area contributed by atoms with Crippen LogP contribution in [0, 0.1) is 0 Å². The Balaban J connectivity index is 1.57. The van der Waals surface area contributed by atoms with Gasteiger partial charge < -0.3 is 4.74 Å². The number of thioether (sulfide) groups is 1. The monoisotopic (exact) mass is 382 g/mol. The summed E-state index contributed by atoms with van der Waals surface area (Å²) >= 11 is 7.92. The summed E-state index contributed by atoms with van der Waals surface area (Å²) in [5.41, 5.74) is 2.84. The van der Waals surface area contributed by atoms with Gasteiger partial charge in [-0.3, -0.25) is 4.57 Å². The molecule has 0 amide bonds. The Hall–Kier alpha value is -2.57. The average molecular weight is 383 g/mol. The number of hydrogen-bond donors (Lipinski definition) is 0. The summed E-state index contributed by atoms with van der Waals surface area (Å²) in [6.07, 6.45) is 1.70. The Bertz CT molecular complexity index is 1050. The molecule has 0 aliphatic heterocycles. The minimum Gasteiger partial charge on any atom is -0.497 e. The van der Waals surface area contributed by atoms with Gasteiger partial charge in [-0.2, -0.15) is 0 Å². The lowest BCUT2D eigenvalue weighted by Gasteiger charge is -2.08. The highest BCUT2D eigenvalue weighted by molar-refractivity contribution is 7.98. The molecule has 0 bridgehead atoms. The Labute approximate surface area is 160 Å². The van der Waals surface area contributed by atoms with Crippen molar-refractivity contribution in [3.63, 3.8) is 0 Å². The van der Waals surface area contributed by atoms with Gasteiger partial charge in [0.25, 0.3) is 0 Å². The first-order valence-corrected chi connectivity index (χ1v) is 9.32. The number of nitrogens with zero attached hydrogens (tertiary/aromatic N) is 4. The van der Waals surface area contributed by atoms with E-state index in [9.17, 15) is 0 Å². The third kappa shape index (κ3) is 3.38. The highest BCUT2D eigenvalue weighted by atomic mass is 35.5. The third-order valence-corrected chi connectivity index (χ3v) is 5.29. The largest absolute Gasteiger partial charge is 0.497 e. The smallest absolute Gasteiger partial charge is 0.195 e. The Morgan fingerprint density at radius 2 is 1.92 bits per heavy atom. The summed E-state index contributed by atoms with van der Waals surface area (Å²) in [6, 6.07) is 17.8. The van der Waals surface area contributed by atoms with Gasteiger partial charge in [-0.1, -0.05) is 41.6 Å². The van der Waals surface area contributed by atoms with E-state index >= 15 is 0 Å². The maximum absolute atomic E-state index is 6.35. The first-order valence-electron chi connectivity index (χ1n) is 7.96. The number of para-hydroxylation sites is 1. The fraction of sp³-hybridized carbons (Fsp3) is 0.105. The molecule has 26 heavy (non-hydrogen) atoms. The second-order valence-electron chi connectivity index (χ2n) is 5.60. The van der Waals surface area contributed by atoms with Gasteiger partial charge >= 0.3 is 0 Å². The number of ether oxygens (including phenoxy) is 1. The molecule has 0 saturated heterocycles. The first kappa shape index (κ1) is 16.9. The van der Waals surface area contributed by atoms with E-state index in [1.54, 1.807) is 25.2 Å². The molecule has 2 aromatic carbocycles. The van der Waals surface area contributed by atoms with Crippen LogP contribution in [0.5, 0.6) is 5.75 Å². The van der Waals surface area contributed by atoms with Crippen LogP contribution in [0.3, 0.4) is 0 Å². The SMILES string of the molecule is COc1ccc(-n2cnnc2SCc2cc3ccccc3nc2Cl)cc1. The lowest BCUT2D eigenvalue weighted by molar-refractivity contribution is 0.414. The molecule has 5 nitrogen and oxygen atoms in total. The van der Waals surface area contributed by atoms with Gasteiger partial charge in [-0.25, -0.2) is 4.98 Å². The van der Waals surface area contributed by atoms with Crippen molar-refractivity contribution >= 4 is 34.3 Å². The number of fused-ring (bicyclic) bond motifs is 1. The van der Waals surface area contributed by atoms with Gasteiger partial charge in [-0.05, 0) is 36.4 Å². The van der Waals surface area contributed by atoms with Crippen LogP contribution in [0.1, 0.15) is 5.56 Å². The molecule has 7 heteroatoms. The van der Waals surface area contributed by atoms with E-state index < -0.39 is 0 Å². The highest BCUT2D eigenvalue weighted by Crippen LogP contribution is 2.28. The maximum atomic E-state index is 6.35. The van der Waals surface area contributed by atoms with Crippen molar-refractivity contribution in [2.75, 3.05) is 7.11 Å². The molecule has 0 saturated carbocycles. The lowest BCUT2D eigenvalue weighted by Crippen LogP contribution is -1.96. The van der Waals surface area contributed by atoms with E-state index in [1.165, 1.54) is 0 Å². The van der Waals surface area contributed by atoms with Crippen LogP contribution < -0.4 is 4.74 Å². The number of hydrogen-bond acceptors (Lipinski definition) is 5. The van der Waals surface area contributed by atoms with E-state index in [4.69, 9.17) is 16.3 Å². The third-order valence-electron chi connectivity index (χ3n) is 3.97. The van der Waals surface area contributed by atoms with Gasteiger partial charge in [0.05, 0.1) is 12.6 Å². The average Bonchev–Trinajstić information content (AvgIpc) is 3.15. The Kier molecular flexibility index (Phi) is 4.77. The second kappa shape index (κ2) is 7.35. The van der Waals surface area contributed by atoms with Gasteiger partial charge in [-0.15, -0.1) is 10.2 Å². The molecule has 0 aliphatic rings. The topological polar surface area (TPSA) is 52.8 Å². The molecule has 0 aliphatic carbocycles. The summed E-state index contributed by atoms with van der Waals surface area (Å²) in [5, 5.41) is 10.6. The fourth-order valence-corrected chi connectivity index (χ4v) is 3.82. The van der Waals surface area contributed by atoms with E-state index in [0.29, 0.717) is 10.9 Å². The molecule has 0 atom stereocenters. The molecule has 0 radical (unpaired) electrons. The standard InChI is InChI=1S/C19H15ClN4OS/c1-25-16-8-6-15(7-9-16)24-12-21-23-19(24)26-11-14-10-13-4-2-3-5-17(13)22-18(14)20/h2-10,12H,11H2,1H3. The van der Waals surface area contributed by atoms with Crippen molar-refractivity contribution in [3.8, 4) is 11.4 Å². The van der Waals surface area contributed by atoms with E-state index in [-0.39, 0.29) is 0 Å². The quantitative estimate of drug-likeness (QED) is 0.367. The van der Waals surface area contributed by atoms with E-state index in [1.807, 2.05) is 53.1 Å². The molecule has 0 spiro atoms. The summed E-state index contributed by atoms with van der Waals surface area (Å²) in [6.45, 7) is 0. The molecule has 130 valence electrons. The molecule has 0 fully saturated rings. The van der Waals surface area contributed by atoms with Crippen LogP contribution in [0.25, 0.3) is 16.6 Å². The second-order valence-corrected chi connectivity index (χ2v) is 6.90. The Morgan fingerprint density at radius 3 is 2.73 bits per heavy atom. The number of aromatic nitrogens is 4. The number of pyridine rings is 1. The van der Waals surface area contributed by atoms with Crippen LogP contribution in [0.15, 0.2) is 66.1 Å². The van der Waals surface area contributed by atoms with Gasteiger partial charge in [0.15, 0.2) is 5.16 Å². The molecule has 4 rings (SSSR count). The van der Waals surface area contributed by atoms with Gasteiger partial charge in [0.1, 0.15) is 17.2 Å². The maximum Gasteiger partial charge on any atom is 0.195 e. The van der Waals surface area contributed by atoms with Crippen molar-refractivity contribution in [2.45, 2.75) is 10.9 Å². The van der Waals surface area contributed by atoms with Crippen molar-refractivity contribution < 1.29 is 4.74 Å². The van der Waals surface area contributed by atoms with Crippen LogP contribution in [0.2, 0.25) is 5.15 Å². The normalized spacial score (nSPS) is 11.0. The van der Waals surface area contributed by atoms with Crippen molar-refractivity contribution in [1.82, 2.24) is 19.7 Å². The number of benzene rings is 2. The lowest BCUT2D eigenvalue weighted by atomic mass is 10.2. The highest BCUT2D eigenvalue weighted by Gasteiger charge is 2.11. The fourth-order valence-electron chi connectivity index (χ4n) is 2.62. The van der Waals surface area contributed by atoms with Crippen LogP contribution in [-0.4, -0.2) is 26.9 Å². The predicted octanol–water partition coefficient (Wildman–Crippen LogP) is 4.77. The minimum atomic E-state index is 0.520. The Morgan fingerprint density at radius 1 is 1.12 bits per heavy atom. The summed E-state index contributed by atoms with van der Waals surface area (Å²) in [4.78, 5) is 4.47. The van der Waals surface area contributed by atoms with Crippen LogP contribution >= 0.6 is 23.4 Å². The number of rotatable bonds is 5. The zero-order valence-electron chi connectivity index (χ0n) is 14.0. The van der Waals surface area contributed by atoms with Crippen molar-refractivity contribution in [1.29, 1.82) is 0 Å². The molecule has 2 heterocycles. The molecule has 0 N–H and O–H groups in total.